The number of carbonyl (C=O) groups is 3. The first kappa shape index (κ1) is 31.1. The zero-order chi connectivity index (χ0) is 29.5. The molecule has 218 valence electrons. The molecule has 2 heterocycles. The Morgan fingerprint density at radius 1 is 1.15 bits per heavy atom. The van der Waals surface area contributed by atoms with Crippen molar-refractivity contribution < 1.29 is 32.3 Å². The average molecular weight is 582 g/mol. The molecule has 0 unspecified atom stereocenters. The van der Waals surface area contributed by atoms with E-state index in [4.69, 9.17) is 4.74 Å². The number of hydrazone groups is 1. The summed E-state index contributed by atoms with van der Waals surface area (Å²) in [5.74, 6) is -1.66. The van der Waals surface area contributed by atoms with E-state index in [1.165, 1.54) is 29.7 Å². The van der Waals surface area contributed by atoms with Crippen LogP contribution in [-0.4, -0.2) is 58.7 Å². The van der Waals surface area contributed by atoms with Crippen LogP contribution < -0.4 is 10.6 Å². The van der Waals surface area contributed by atoms with Crippen molar-refractivity contribution in [2.75, 3.05) is 18.4 Å². The lowest BCUT2D eigenvalue weighted by molar-refractivity contribution is -0.137. The molecule has 1 aromatic heterocycles. The van der Waals surface area contributed by atoms with E-state index in [9.17, 15) is 27.6 Å². The SMILES string of the molecule is CCCC[C@H](NC(=O)O[C@H](CN1CCC(c2ccc(C(F)(F)F)cc2)=N1)C(C)(C)C)C(=O)C(=O)Nc1nccs1. The molecule has 3 rings (SSSR count). The van der Waals surface area contributed by atoms with Gasteiger partial charge < -0.3 is 10.1 Å². The summed E-state index contributed by atoms with van der Waals surface area (Å²) in [6.45, 7) is 8.34. The number of unbranched alkanes of at least 4 members (excludes halogenated alkanes) is 1. The number of thiazole rings is 1. The van der Waals surface area contributed by atoms with Crippen LogP contribution in [0.25, 0.3) is 0 Å². The maximum atomic E-state index is 12.9. The van der Waals surface area contributed by atoms with Crippen LogP contribution in [0.1, 0.15) is 64.5 Å². The standard InChI is InChI=1S/C27H34F3N5O4S/c1-5-6-7-20(22(36)23(37)33-24-31-13-15-40-24)32-25(38)39-21(26(2,3)4)16-35-14-12-19(34-35)17-8-10-18(11-9-17)27(28,29)30/h8-11,13,15,20-21H,5-7,12,14,16H2,1-4H3,(H,32,38)(H,31,33,37)/t20-,21+/m0/s1. The van der Waals surface area contributed by atoms with Crippen LogP contribution in [0.15, 0.2) is 40.9 Å². The lowest BCUT2D eigenvalue weighted by Gasteiger charge is -2.33. The number of Topliss-reactive ketones (excluding diaryl/α,β-unsaturated/α-hetero) is 1. The predicted octanol–water partition coefficient (Wildman–Crippen LogP) is 5.48. The maximum Gasteiger partial charge on any atom is 0.416 e. The number of halogens is 3. The van der Waals surface area contributed by atoms with Crippen LogP contribution >= 0.6 is 11.3 Å². The Balaban J connectivity index is 1.65. The third kappa shape index (κ3) is 8.77. The summed E-state index contributed by atoms with van der Waals surface area (Å²) in [4.78, 5) is 42.1. The van der Waals surface area contributed by atoms with Crippen LogP contribution in [0.2, 0.25) is 0 Å². The van der Waals surface area contributed by atoms with E-state index in [2.05, 4.69) is 20.7 Å². The molecule has 0 saturated heterocycles. The van der Waals surface area contributed by atoms with E-state index in [0.29, 0.717) is 30.7 Å². The molecule has 1 aromatic carbocycles. The Kier molecular flexibility index (Phi) is 10.3. The molecule has 2 aromatic rings. The quantitative estimate of drug-likeness (QED) is 0.340. The van der Waals surface area contributed by atoms with E-state index in [0.717, 1.165) is 18.6 Å². The number of ether oxygens (including phenoxy) is 1. The molecule has 0 fully saturated rings. The van der Waals surface area contributed by atoms with Gasteiger partial charge in [-0.1, -0.05) is 52.7 Å². The number of amides is 2. The lowest BCUT2D eigenvalue weighted by Crippen LogP contribution is -2.49. The molecule has 0 radical (unpaired) electrons. The number of nitrogens with zero attached hydrogens (tertiary/aromatic N) is 3. The van der Waals surface area contributed by atoms with Gasteiger partial charge in [0.1, 0.15) is 12.1 Å². The zero-order valence-corrected chi connectivity index (χ0v) is 23.7. The van der Waals surface area contributed by atoms with Crippen LogP contribution in [0.4, 0.5) is 23.1 Å². The summed E-state index contributed by atoms with van der Waals surface area (Å²) in [7, 11) is 0. The molecule has 0 saturated carbocycles. The molecular formula is C27H34F3N5O4S. The maximum absolute atomic E-state index is 12.9. The number of ketones is 1. The highest BCUT2D eigenvalue weighted by Crippen LogP contribution is 2.30. The summed E-state index contributed by atoms with van der Waals surface area (Å²) in [5, 5.41) is 13.2. The summed E-state index contributed by atoms with van der Waals surface area (Å²) in [6.07, 6.45) is -2.23. The normalized spacial score (nSPS) is 15.3. The fraction of sp³-hybridized carbons (Fsp3) is 0.519. The Bertz CT molecular complexity index is 1190. The second-order valence-electron chi connectivity index (χ2n) is 10.5. The van der Waals surface area contributed by atoms with Gasteiger partial charge >= 0.3 is 12.3 Å². The fourth-order valence-electron chi connectivity index (χ4n) is 3.96. The first-order valence-corrected chi connectivity index (χ1v) is 13.9. The Morgan fingerprint density at radius 2 is 1.85 bits per heavy atom. The summed E-state index contributed by atoms with van der Waals surface area (Å²) < 4.78 is 44.4. The number of benzene rings is 1. The van der Waals surface area contributed by atoms with Gasteiger partial charge in [-0.15, -0.1) is 11.3 Å². The predicted molar refractivity (Wildman–Crippen MR) is 146 cm³/mol. The minimum atomic E-state index is -4.41. The minimum Gasteiger partial charge on any atom is -0.444 e. The number of alkyl carbamates (subject to hydrolysis) is 1. The van der Waals surface area contributed by atoms with E-state index in [1.54, 1.807) is 10.4 Å². The molecule has 2 atom stereocenters. The van der Waals surface area contributed by atoms with Crippen LogP contribution in [0, 0.1) is 5.41 Å². The molecule has 13 heteroatoms. The Hall–Kier alpha value is -3.48. The van der Waals surface area contributed by atoms with Crippen molar-refractivity contribution >= 4 is 40.0 Å². The third-order valence-corrected chi connectivity index (χ3v) is 7.03. The third-order valence-electron chi connectivity index (χ3n) is 6.34. The summed E-state index contributed by atoms with van der Waals surface area (Å²) in [6, 6.07) is 3.78. The molecule has 1 aliphatic heterocycles. The van der Waals surface area contributed by atoms with E-state index in [-0.39, 0.29) is 18.1 Å². The molecule has 2 N–H and O–H groups in total. The summed E-state index contributed by atoms with van der Waals surface area (Å²) in [5.41, 5.74) is 0.00198. The minimum absolute atomic E-state index is 0.235. The van der Waals surface area contributed by atoms with Crippen molar-refractivity contribution in [2.24, 2.45) is 10.5 Å². The van der Waals surface area contributed by atoms with Crippen molar-refractivity contribution in [3.05, 3.63) is 47.0 Å². The summed E-state index contributed by atoms with van der Waals surface area (Å²) >= 11 is 1.17. The molecule has 9 nitrogen and oxygen atoms in total. The van der Waals surface area contributed by atoms with Crippen molar-refractivity contribution in [3.63, 3.8) is 0 Å². The highest BCUT2D eigenvalue weighted by Gasteiger charge is 2.34. The molecule has 40 heavy (non-hydrogen) atoms. The van der Waals surface area contributed by atoms with Crippen LogP contribution in [-0.2, 0) is 20.5 Å². The van der Waals surface area contributed by atoms with Gasteiger partial charge in [-0.3, -0.25) is 19.9 Å². The van der Waals surface area contributed by atoms with Crippen LogP contribution in [0.5, 0.6) is 0 Å². The molecule has 0 bridgehead atoms. The molecule has 2 amide bonds. The first-order chi connectivity index (χ1) is 18.8. The number of hydrogen-bond donors (Lipinski definition) is 2. The van der Waals surface area contributed by atoms with Crippen molar-refractivity contribution in [2.45, 2.75) is 71.7 Å². The Morgan fingerprint density at radius 3 is 2.42 bits per heavy atom. The van der Waals surface area contributed by atoms with Crippen molar-refractivity contribution in [1.82, 2.24) is 15.3 Å². The number of carbonyl (C=O) groups excluding carboxylic acids is 3. The van der Waals surface area contributed by atoms with Gasteiger partial charge in [-0.25, -0.2) is 9.78 Å². The number of nitrogens with one attached hydrogen (secondary N) is 2. The highest BCUT2D eigenvalue weighted by molar-refractivity contribution is 7.13. The largest absolute Gasteiger partial charge is 0.444 e. The fourth-order valence-corrected chi connectivity index (χ4v) is 4.48. The monoisotopic (exact) mass is 581 g/mol. The van der Waals surface area contributed by atoms with Crippen molar-refractivity contribution in [1.29, 1.82) is 0 Å². The molecule has 1 aliphatic rings. The second-order valence-corrected chi connectivity index (χ2v) is 11.4. The van der Waals surface area contributed by atoms with Gasteiger partial charge in [0.25, 0.3) is 5.91 Å². The average Bonchev–Trinajstić information content (AvgIpc) is 3.57. The van der Waals surface area contributed by atoms with Gasteiger partial charge in [-0.05, 0) is 24.1 Å². The molecular weight excluding hydrogens is 547 g/mol. The Labute approximate surface area is 235 Å². The number of hydrogen-bond acceptors (Lipinski definition) is 8. The number of anilines is 1. The van der Waals surface area contributed by atoms with E-state index < -0.39 is 47.1 Å². The zero-order valence-electron chi connectivity index (χ0n) is 22.9. The van der Waals surface area contributed by atoms with Gasteiger partial charge in [0.05, 0.1) is 17.8 Å². The number of aromatic nitrogens is 1. The van der Waals surface area contributed by atoms with Crippen molar-refractivity contribution in [3.8, 4) is 0 Å². The first-order valence-electron chi connectivity index (χ1n) is 13.0. The van der Waals surface area contributed by atoms with Gasteiger partial charge in [0.2, 0.25) is 5.78 Å². The van der Waals surface area contributed by atoms with E-state index >= 15 is 0 Å². The van der Waals surface area contributed by atoms with Gasteiger partial charge in [0.15, 0.2) is 5.13 Å². The topological polar surface area (TPSA) is 113 Å². The van der Waals surface area contributed by atoms with Gasteiger partial charge in [0, 0.05) is 30.0 Å². The number of alkyl halides is 3. The molecule has 0 aliphatic carbocycles. The highest BCUT2D eigenvalue weighted by atomic mass is 32.1. The molecule has 0 spiro atoms. The van der Waals surface area contributed by atoms with Crippen LogP contribution in [0.3, 0.4) is 0 Å². The lowest BCUT2D eigenvalue weighted by atomic mass is 9.89. The van der Waals surface area contributed by atoms with E-state index in [1.807, 2.05) is 27.7 Å². The number of rotatable bonds is 11. The smallest absolute Gasteiger partial charge is 0.416 e. The second kappa shape index (κ2) is 13.2. The van der Waals surface area contributed by atoms with Gasteiger partial charge in [-0.2, -0.15) is 18.3 Å².